The van der Waals surface area contributed by atoms with Crippen molar-refractivity contribution >= 4 is 12.1 Å². The van der Waals surface area contributed by atoms with Crippen molar-refractivity contribution in [3.05, 3.63) is 65.7 Å². The molecule has 0 saturated heterocycles. The van der Waals surface area contributed by atoms with E-state index in [0.717, 1.165) is 44.8 Å². The molecule has 2 aromatic carbocycles. The number of carbonyl (C=O) groups is 1. The van der Waals surface area contributed by atoms with Gasteiger partial charge in [0.15, 0.2) is 0 Å². The molecule has 0 heterocycles. The number of hydrogen-bond donors (Lipinski definition) is 2. The summed E-state index contributed by atoms with van der Waals surface area (Å²) in [4.78, 5) is 10.4. The van der Waals surface area contributed by atoms with Gasteiger partial charge in [-0.1, -0.05) is 55.3 Å². The van der Waals surface area contributed by atoms with Crippen LogP contribution >= 0.6 is 0 Å². The summed E-state index contributed by atoms with van der Waals surface area (Å²) in [5.74, 6) is 0. The Bertz CT molecular complexity index is 599. The molecule has 0 bridgehead atoms. The van der Waals surface area contributed by atoms with Gasteiger partial charge in [-0.25, -0.2) is 0 Å². The second-order valence-corrected chi connectivity index (χ2v) is 6.40. The SMILES string of the molecule is O=CNc1ccc(CCOCCCCCCNCc2ccccc2)cc1. The first-order chi connectivity index (χ1) is 12.9. The van der Waals surface area contributed by atoms with Crippen LogP contribution in [0.1, 0.15) is 36.8 Å². The standard InChI is InChI=1S/C22H30N2O2/c25-19-24-22-12-10-20(11-13-22)14-17-26-16-7-2-1-6-15-23-18-21-8-4-3-5-9-21/h3-5,8-13,19,23H,1-2,6-7,14-18H2,(H,24,25). The summed E-state index contributed by atoms with van der Waals surface area (Å²) in [6.07, 6.45) is 6.41. The van der Waals surface area contributed by atoms with E-state index in [4.69, 9.17) is 4.74 Å². The number of amides is 1. The largest absolute Gasteiger partial charge is 0.381 e. The van der Waals surface area contributed by atoms with E-state index >= 15 is 0 Å². The number of carbonyl (C=O) groups excluding carboxylic acids is 1. The van der Waals surface area contributed by atoms with Crippen molar-refractivity contribution in [2.45, 2.75) is 38.6 Å². The van der Waals surface area contributed by atoms with Crippen molar-refractivity contribution in [2.24, 2.45) is 0 Å². The van der Waals surface area contributed by atoms with Gasteiger partial charge in [0, 0.05) is 18.8 Å². The van der Waals surface area contributed by atoms with E-state index in [1.54, 1.807) is 0 Å². The highest BCUT2D eigenvalue weighted by molar-refractivity contribution is 5.71. The second kappa shape index (κ2) is 13.1. The number of unbranched alkanes of at least 4 members (excludes halogenated alkanes) is 3. The Hall–Kier alpha value is -2.17. The summed E-state index contributed by atoms with van der Waals surface area (Å²) in [5.41, 5.74) is 3.39. The molecule has 0 aromatic heterocycles. The number of hydrogen-bond acceptors (Lipinski definition) is 3. The molecule has 2 rings (SSSR count). The predicted octanol–water partition coefficient (Wildman–Crippen LogP) is 4.16. The van der Waals surface area contributed by atoms with Crippen LogP contribution in [0.3, 0.4) is 0 Å². The van der Waals surface area contributed by atoms with Crippen LogP contribution in [0.15, 0.2) is 54.6 Å². The first-order valence-corrected chi connectivity index (χ1v) is 9.50. The van der Waals surface area contributed by atoms with Gasteiger partial charge in [0.2, 0.25) is 6.41 Å². The fourth-order valence-electron chi connectivity index (χ4n) is 2.76. The quantitative estimate of drug-likeness (QED) is 0.395. The van der Waals surface area contributed by atoms with Crippen LogP contribution < -0.4 is 10.6 Å². The van der Waals surface area contributed by atoms with E-state index in [9.17, 15) is 4.79 Å². The van der Waals surface area contributed by atoms with Gasteiger partial charge in [0.1, 0.15) is 0 Å². The number of ether oxygens (including phenoxy) is 1. The average Bonchev–Trinajstić information content (AvgIpc) is 2.68. The predicted molar refractivity (Wildman–Crippen MR) is 107 cm³/mol. The topological polar surface area (TPSA) is 50.4 Å². The number of benzene rings is 2. The molecule has 26 heavy (non-hydrogen) atoms. The van der Waals surface area contributed by atoms with E-state index < -0.39 is 0 Å². The molecule has 0 atom stereocenters. The van der Waals surface area contributed by atoms with Crippen LogP contribution in [0.4, 0.5) is 5.69 Å². The Morgan fingerprint density at radius 3 is 2.35 bits per heavy atom. The Morgan fingerprint density at radius 2 is 1.58 bits per heavy atom. The van der Waals surface area contributed by atoms with Crippen molar-refractivity contribution in [1.82, 2.24) is 5.32 Å². The highest BCUT2D eigenvalue weighted by Gasteiger charge is 1.96. The van der Waals surface area contributed by atoms with Crippen LogP contribution in [0.5, 0.6) is 0 Å². The number of nitrogens with one attached hydrogen (secondary N) is 2. The van der Waals surface area contributed by atoms with Gasteiger partial charge < -0.3 is 15.4 Å². The molecule has 0 radical (unpaired) electrons. The Labute approximate surface area is 157 Å². The Balaban J connectivity index is 1.38. The smallest absolute Gasteiger partial charge is 0.211 e. The summed E-state index contributed by atoms with van der Waals surface area (Å²) < 4.78 is 5.71. The highest BCUT2D eigenvalue weighted by Crippen LogP contribution is 2.09. The van der Waals surface area contributed by atoms with E-state index in [2.05, 4.69) is 41.0 Å². The third-order valence-corrected chi connectivity index (χ3v) is 4.28. The van der Waals surface area contributed by atoms with Gasteiger partial charge in [-0.2, -0.15) is 0 Å². The van der Waals surface area contributed by atoms with Gasteiger partial charge in [-0.3, -0.25) is 4.79 Å². The van der Waals surface area contributed by atoms with Crippen LogP contribution in [-0.4, -0.2) is 26.2 Å². The van der Waals surface area contributed by atoms with Crippen molar-refractivity contribution in [1.29, 1.82) is 0 Å². The lowest BCUT2D eigenvalue weighted by Gasteiger charge is -2.06. The Morgan fingerprint density at radius 1 is 0.808 bits per heavy atom. The molecule has 0 fully saturated rings. The van der Waals surface area contributed by atoms with Gasteiger partial charge >= 0.3 is 0 Å². The third kappa shape index (κ3) is 8.79. The normalized spacial score (nSPS) is 10.6. The van der Waals surface area contributed by atoms with Gasteiger partial charge in [-0.05, 0) is 49.1 Å². The molecule has 1 amide bonds. The summed E-state index contributed by atoms with van der Waals surface area (Å²) in [6.45, 7) is 3.61. The summed E-state index contributed by atoms with van der Waals surface area (Å²) in [5, 5.41) is 6.12. The second-order valence-electron chi connectivity index (χ2n) is 6.40. The maximum atomic E-state index is 10.4. The zero-order valence-electron chi connectivity index (χ0n) is 15.5. The molecule has 4 heteroatoms. The average molecular weight is 354 g/mol. The summed E-state index contributed by atoms with van der Waals surface area (Å²) in [7, 11) is 0. The van der Waals surface area contributed by atoms with E-state index in [1.165, 1.54) is 30.4 Å². The molecular weight excluding hydrogens is 324 g/mol. The fraction of sp³-hybridized carbons (Fsp3) is 0.409. The lowest BCUT2D eigenvalue weighted by molar-refractivity contribution is -0.105. The zero-order valence-corrected chi connectivity index (χ0v) is 15.5. The molecule has 0 aliphatic heterocycles. The van der Waals surface area contributed by atoms with Crippen LogP contribution in [0.25, 0.3) is 0 Å². The van der Waals surface area contributed by atoms with E-state index in [1.807, 2.05) is 24.3 Å². The first-order valence-electron chi connectivity index (χ1n) is 9.50. The molecule has 0 saturated carbocycles. The number of rotatable bonds is 14. The maximum absolute atomic E-state index is 10.4. The molecule has 0 unspecified atom stereocenters. The molecule has 140 valence electrons. The minimum absolute atomic E-state index is 0.692. The molecular formula is C22H30N2O2. The van der Waals surface area contributed by atoms with E-state index in [0.29, 0.717) is 6.41 Å². The first kappa shape index (κ1) is 20.1. The van der Waals surface area contributed by atoms with E-state index in [-0.39, 0.29) is 0 Å². The van der Waals surface area contributed by atoms with Gasteiger partial charge in [0.25, 0.3) is 0 Å². The summed E-state index contributed by atoms with van der Waals surface area (Å²) >= 11 is 0. The maximum Gasteiger partial charge on any atom is 0.211 e. The van der Waals surface area contributed by atoms with Gasteiger partial charge in [-0.15, -0.1) is 0 Å². The third-order valence-electron chi connectivity index (χ3n) is 4.28. The van der Waals surface area contributed by atoms with Crippen molar-refractivity contribution in [3.63, 3.8) is 0 Å². The lowest BCUT2D eigenvalue weighted by atomic mass is 10.1. The number of anilines is 1. The van der Waals surface area contributed by atoms with Crippen LogP contribution in [0, 0.1) is 0 Å². The van der Waals surface area contributed by atoms with Gasteiger partial charge in [0.05, 0.1) is 6.61 Å². The molecule has 0 aliphatic carbocycles. The van der Waals surface area contributed by atoms with Crippen LogP contribution in [-0.2, 0) is 22.5 Å². The van der Waals surface area contributed by atoms with Crippen molar-refractivity contribution in [3.8, 4) is 0 Å². The Kier molecular flexibility index (Phi) is 10.1. The van der Waals surface area contributed by atoms with Crippen LogP contribution in [0.2, 0.25) is 0 Å². The highest BCUT2D eigenvalue weighted by atomic mass is 16.5. The zero-order chi connectivity index (χ0) is 18.3. The lowest BCUT2D eigenvalue weighted by Crippen LogP contribution is -2.14. The molecule has 0 spiro atoms. The monoisotopic (exact) mass is 354 g/mol. The molecule has 0 aliphatic rings. The minimum atomic E-state index is 0.692. The van der Waals surface area contributed by atoms with Crippen molar-refractivity contribution in [2.75, 3.05) is 25.1 Å². The fourth-order valence-corrected chi connectivity index (χ4v) is 2.76. The molecule has 2 N–H and O–H groups in total. The summed E-state index contributed by atoms with van der Waals surface area (Å²) in [6, 6.07) is 18.4. The minimum Gasteiger partial charge on any atom is -0.381 e. The molecule has 2 aromatic rings. The molecule has 4 nitrogen and oxygen atoms in total. The van der Waals surface area contributed by atoms with Crippen molar-refractivity contribution < 1.29 is 9.53 Å².